The number of aliphatic carboxylic acids is 1. The van der Waals surface area contributed by atoms with E-state index in [0.29, 0.717) is 10.8 Å². The van der Waals surface area contributed by atoms with E-state index in [0.717, 1.165) is 16.6 Å². The van der Waals surface area contributed by atoms with Crippen LogP contribution in [-0.2, 0) is 21.9 Å². The van der Waals surface area contributed by atoms with Crippen molar-refractivity contribution >= 4 is 43.2 Å². The van der Waals surface area contributed by atoms with Gasteiger partial charge in [0.2, 0.25) is 0 Å². The number of aromatic nitrogens is 4. The maximum atomic E-state index is 12.5. The van der Waals surface area contributed by atoms with Crippen LogP contribution in [0.25, 0.3) is 22.3 Å². The average Bonchev–Trinajstić information content (AvgIpc) is 3.38. The standard InChI is InChI=1S/C16H13N5O2S2.C2HF3O2/c1-21-8-6-18-15(21)14-13-3-2-12(10-11(13)4-5-17-14)25(22,23)20-16-19-7-9-24-16;3-2(4,5)1(6)7/h2-10H,1H3,(H,19,20);(H,6,7). The van der Waals surface area contributed by atoms with Gasteiger partial charge in [-0.25, -0.2) is 23.2 Å². The lowest BCUT2D eigenvalue weighted by molar-refractivity contribution is -0.192. The summed E-state index contributed by atoms with van der Waals surface area (Å²) in [6, 6.07) is 6.72. The van der Waals surface area contributed by atoms with E-state index in [1.165, 1.54) is 11.3 Å². The predicted octanol–water partition coefficient (Wildman–Crippen LogP) is 3.53. The van der Waals surface area contributed by atoms with Crippen molar-refractivity contribution in [1.29, 1.82) is 0 Å². The third-order valence-electron chi connectivity index (χ3n) is 3.98. The zero-order valence-electron chi connectivity index (χ0n) is 16.1. The molecule has 0 spiro atoms. The Morgan fingerprint density at radius 1 is 1.12 bits per heavy atom. The molecule has 0 aliphatic carbocycles. The molecular weight excluding hydrogens is 471 g/mol. The van der Waals surface area contributed by atoms with Gasteiger partial charge in [-0.15, -0.1) is 11.3 Å². The number of hydrogen-bond donors (Lipinski definition) is 2. The number of carbonyl (C=O) groups is 1. The fraction of sp³-hybridized carbons (Fsp3) is 0.111. The van der Waals surface area contributed by atoms with Crippen LogP contribution < -0.4 is 4.72 Å². The Morgan fingerprint density at radius 3 is 2.41 bits per heavy atom. The van der Waals surface area contributed by atoms with Gasteiger partial charge >= 0.3 is 12.1 Å². The minimum atomic E-state index is -5.08. The first-order chi connectivity index (χ1) is 15.0. The molecule has 3 heterocycles. The van der Waals surface area contributed by atoms with Crippen molar-refractivity contribution in [3.8, 4) is 11.5 Å². The van der Waals surface area contributed by atoms with Crippen LogP contribution in [-0.4, -0.2) is 45.2 Å². The number of anilines is 1. The lowest BCUT2D eigenvalue weighted by Crippen LogP contribution is -2.21. The SMILES string of the molecule is Cn1ccnc1-c1nccc2cc(S(=O)(=O)Nc3nccs3)ccc12.O=C(O)C(F)(F)F. The Balaban J connectivity index is 0.000000360. The Labute approximate surface area is 183 Å². The summed E-state index contributed by atoms with van der Waals surface area (Å²) in [5.74, 6) is -2.03. The molecule has 3 aromatic heterocycles. The van der Waals surface area contributed by atoms with E-state index in [4.69, 9.17) is 9.90 Å². The normalized spacial score (nSPS) is 11.6. The van der Waals surface area contributed by atoms with Crippen LogP contribution in [0.1, 0.15) is 0 Å². The maximum Gasteiger partial charge on any atom is 0.490 e. The van der Waals surface area contributed by atoms with Crippen molar-refractivity contribution in [3.63, 3.8) is 0 Å². The molecule has 4 aromatic rings. The number of halogens is 3. The van der Waals surface area contributed by atoms with Gasteiger partial charge < -0.3 is 9.67 Å². The van der Waals surface area contributed by atoms with Crippen molar-refractivity contribution in [2.45, 2.75) is 11.1 Å². The molecule has 0 unspecified atom stereocenters. The molecule has 0 fully saturated rings. The molecule has 0 atom stereocenters. The van der Waals surface area contributed by atoms with Crippen molar-refractivity contribution in [2.24, 2.45) is 7.05 Å². The predicted molar refractivity (Wildman–Crippen MR) is 111 cm³/mol. The molecule has 0 saturated heterocycles. The number of nitrogens with zero attached hydrogens (tertiary/aromatic N) is 4. The molecule has 0 radical (unpaired) electrons. The summed E-state index contributed by atoms with van der Waals surface area (Å²) in [5, 5.41) is 10.8. The molecule has 0 bridgehead atoms. The second-order valence-electron chi connectivity index (χ2n) is 6.15. The number of aryl methyl sites for hydroxylation is 1. The molecule has 0 aliphatic heterocycles. The van der Waals surface area contributed by atoms with Gasteiger partial charge in [0.1, 0.15) is 5.69 Å². The highest BCUT2D eigenvalue weighted by Crippen LogP contribution is 2.28. The number of thiazole rings is 1. The quantitative estimate of drug-likeness (QED) is 0.453. The van der Waals surface area contributed by atoms with E-state index in [1.54, 1.807) is 48.2 Å². The van der Waals surface area contributed by atoms with E-state index in [1.807, 2.05) is 17.8 Å². The average molecular weight is 485 g/mol. The Hall–Kier alpha value is -3.52. The summed E-state index contributed by atoms with van der Waals surface area (Å²) >= 11 is 1.23. The molecule has 4 rings (SSSR count). The number of sulfonamides is 1. The third kappa shape index (κ3) is 5.20. The number of rotatable bonds is 4. The zero-order chi connectivity index (χ0) is 23.5. The summed E-state index contributed by atoms with van der Waals surface area (Å²) in [6.45, 7) is 0. The van der Waals surface area contributed by atoms with Crippen LogP contribution in [0.15, 0.2) is 59.3 Å². The van der Waals surface area contributed by atoms with Crippen LogP contribution >= 0.6 is 11.3 Å². The molecule has 32 heavy (non-hydrogen) atoms. The molecule has 0 amide bonds. The van der Waals surface area contributed by atoms with E-state index >= 15 is 0 Å². The first kappa shape index (κ1) is 23.1. The van der Waals surface area contributed by atoms with Crippen molar-refractivity contribution in [3.05, 3.63) is 54.4 Å². The van der Waals surface area contributed by atoms with Crippen molar-refractivity contribution < 1.29 is 31.5 Å². The minimum Gasteiger partial charge on any atom is -0.475 e. The molecule has 0 saturated carbocycles. The molecular formula is C18H14F3N5O4S2. The van der Waals surface area contributed by atoms with Gasteiger partial charge in [-0.1, -0.05) is 6.07 Å². The zero-order valence-corrected chi connectivity index (χ0v) is 17.7. The maximum absolute atomic E-state index is 12.5. The number of imidazole rings is 1. The van der Waals surface area contributed by atoms with E-state index < -0.39 is 22.2 Å². The highest BCUT2D eigenvalue weighted by Gasteiger charge is 2.38. The number of benzene rings is 1. The lowest BCUT2D eigenvalue weighted by Gasteiger charge is -2.09. The van der Waals surface area contributed by atoms with E-state index in [9.17, 15) is 21.6 Å². The number of alkyl halides is 3. The van der Waals surface area contributed by atoms with Crippen LogP contribution in [0.2, 0.25) is 0 Å². The van der Waals surface area contributed by atoms with Crippen LogP contribution in [0.4, 0.5) is 18.3 Å². The largest absolute Gasteiger partial charge is 0.490 e. The van der Waals surface area contributed by atoms with Crippen molar-refractivity contribution in [2.75, 3.05) is 4.72 Å². The van der Waals surface area contributed by atoms with Gasteiger partial charge in [-0.2, -0.15) is 13.2 Å². The summed E-state index contributed by atoms with van der Waals surface area (Å²) in [7, 11) is -1.80. The number of carboxylic acid groups (broad SMARTS) is 1. The van der Waals surface area contributed by atoms with Gasteiger partial charge in [0.15, 0.2) is 11.0 Å². The van der Waals surface area contributed by atoms with E-state index in [-0.39, 0.29) is 4.90 Å². The van der Waals surface area contributed by atoms with Gasteiger partial charge in [-0.3, -0.25) is 9.71 Å². The first-order valence-corrected chi connectivity index (χ1v) is 10.9. The van der Waals surface area contributed by atoms with Crippen LogP contribution in [0.3, 0.4) is 0 Å². The summed E-state index contributed by atoms with van der Waals surface area (Å²) in [4.78, 5) is 21.7. The fourth-order valence-corrected chi connectivity index (χ4v) is 4.37. The fourth-order valence-electron chi connectivity index (χ4n) is 2.54. The van der Waals surface area contributed by atoms with Gasteiger partial charge in [-0.05, 0) is 23.6 Å². The summed E-state index contributed by atoms with van der Waals surface area (Å²) in [5.41, 5.74) is 0.710. The second kappa shape index (κ2) is 8.92. The Kier molecular flexibility index (Phi) is 6.45. The number of carboxylic acids is 1. The van der Waals surface area contributed by atoms with Gasteiger partial charge in [0.25, 0.3) is 10.0 Å². The number of nitrogens with one attached hydrogen (secondary N) is 1. The van der Waals surface area contributed by atoms with Crippen molar-refractivity contribution in [1.82, 2.24) is 19.5 Å². The minimum absolute atomic E-state index is 0.173. The van der Waals surface area contributed by atoms with Gasteiger partial charge in [0, 0.05) is 42.6 Å². The number of hydrogen-bond acceptors (Lipinski definition) is 7. The Bertz CT molecular complexity index is 1350. The first-order valence-electron chi connectivity index (χ1n) is 8.58. The topological polar surface area (TPSA) is 127 Å². The molecule has 9 nitrogen and oxygen atoms in total. The molecule has 168 valence electrons. The van der Waals surface area contributed by atoms with Gasteiger partial charge in [0.05, 0.1) is 4.90 Å². The highest BCUT2D eigenvalue weighted by molar-refractivity contribution is 7.93. The number of pyridine rings is 1. The summed E-state index contributed by atoms with van der Waals surface area (Å²) in [6.07, 6.45) is 1.66. The third-order valence-corrected chi connectivity index (χ3v) is 6.13. The van der Waals surface area contributed by atoms with E-state index in [2.05, 4.69) is 19.7 Å². The number of fused-ring (bicyclic) bond motifs is 1. The molecule has 0 aliphatic rings. The van der Waals surface area contributed by atoms with Crippen LogP contribution in [0, 0.1) is 0 Å². The molecule has 1 aromatic carbocycles. The second-order valence-corrected chi connectivity index (χ2v) is 8.73. The summed E-state index contributed by atoms with van der Waals surface area (Å²) < 4.78 is 61.2. The molecule has 2 N–H and O–H groups in total. The monoisotopic (exact) mass is 485 g/mol. The lowest BCUT2D eigenvalue weighted by atomic mass is 10.1. The highest BCUT2D eigenvalue weighted by atomic mass is 32.2. The molecule has 14 heteroatoms. The van der Waals surface area contributed by atoms with Crippen LogP contribution in [0.5, 0.6) is 0 Å². The smallest absolute Gasteiger partial charge is 0.475 e. The Morgan fingerprint density at radius 2 is 1.84 bits per heavy atom.